The summed E-state index contributed by atoms with van der Waals surface area (Å²) in [7, 11) is -3.70. The van der Waals surface area contributed by atoms with Gasteiger partial charge in [-0.15, -0.1) is 0 Å². The van der Waals surface area contributed by atoms with E-state index in [0.717, 1.165) is 5.56 Å². The average Bonchev–Trinajstić information content (AvgIpc) is 2.11. The van der Waals surface area contributed by atoms with Gasteiger partial charge >= 0.3 is 0 Å². The van der Waals surface area contributed by atoms with E-state index in [-0.39, 0.29) is 4.90 Å². The average molecular weight is 257 g/mol. The van der Waals surface area contributed by atoms with Gasteiger partial charge in [-0.25, -0.2) is 13.6 Å². The molecule has 0 heterocycles. The van der Waals surface area contributed by atoms with E-state index in [1.807, 2.05) is 6.92 Å². The van der Waals surface area contributed by atoms with Gasteiger partial charge in [0.1, 0.15) is 0 Å². The zero-order valence-corrected chi connectivity index (χ0v) is 11.2. The van der Waals surface area contributed by atoms with Crippen LogP contribution in [0.2, 0.25) is 0 Å². The summed E-state index contributed by atoms with van der Waals surface area (Å²) >= 11 is 0. The maximum absolute atomic E-state index is 11.4. The molecule has 0 unspecified atom stereocenters. The van der Waals surface area contributed by atoms with Crippen molar-refractivity contribution in [2.75, 3.05) is 0 Å². The van der Waals surface area contributed by atoms with Crippen LogP contribution in [0.3, 0.4) is 0 Å². The normalized spacial score (nSPS) is 12.8. The highest BCUT2D eigenvalue weighted by Crippen LogP contribution is 2.20. The Balaban J connectivity index is 3.09. The third-order valence-electron chi connectivity index (χ3n) is 2.53. The molecule has 0 spiro atoms. The van der Waals surface area contributed by atoms with Gasteiger partial charge in [-0.2, -0.15) is 0 Å². The summed E-state index contributed by atoms with van der Waals surface area (Å²) in [6, 6.07) is 5.03. The third-order valence-corrected chi connectivity index (χ3v) is 3.54. The molecule has 3 N–H and O–H groups in total. The second-order valence-electron chi connectivity index (χ2n) is 4.97. The van der Waals surface area contributed by atoms with Crippen LogP contribution in [-0.2, 0) is 16.4 Å². The predicted octanol–water partition coefficient (Wildman–Crippen LogP) is 1.35. The molecule has 96 valence electrons. The molecule has 1 aromatic carbocycles. The SMILES string of the molecule is Cc1ccc(S(N)(=O)=O)c(CCC(C)(C)O)c1. The van der Waals surface area contributed by atoms with Crippen LogP contribution in [0.5, 0.6) is 0 Å². The van der Waals surface area contributed by atoms with Gasteiger partial charge in [0.05, 0.1) is 10.5 Å². The lowest BCUT2D eigenvalue weighted by Crippen LogP contribution is -2.21. The van der Waals surface area contributed by atoms with E-state index in [9.17, 15) is 13.5 Å². The first-order valence-electron chi connectivity index (χ1n) is 5.44. The minimum atomic E-state index is -3.70. The van der Waals surface area contributed by atoms with Gasteiger partial charge in [0.2, 0.25) is 10.0 Å². The van der Waals surface area contributed by atoms with E-state index in [4.69, 9.17) is 5.14 Å². The Bertz CT molecular complexity index is 501. The van der Waals surface area contributed by atoms with Gasteiger partial charge in [-0.3, -0.25) is 0 Å². The van der Waals surface area contributed by atoms with Crippen LogP contribution in [0.25, 0.3) is 0 Å². The molecule has 17 heavy (non-hydrogen) atoms. The summed E-state index contributed by atoms with van der Waals surface area (Å²) in [6.07, 6.45) is 0.968. The van der Waals surface area contributed by atoms with Crippen molar-refractivity contribution in [3.63, 3.8) is 0 Å². The highest BCUT2D eigenvalue weighted by Gasteiger charge is 2.17. The molecule has 1 rings (SSSR count). The van der Waals surface area contributed by atoms with E-state index in [1.165, 1.54) is 6.07 Å². The quantitative estimate of drug-likeness (QED) is 0.854. The Kier molecular flexibility index (Phi) is 3.96. The number of benzene rings is 1. The first kappa shape index (κ1) is 14.2. The minimum absolute atomic E-state index is 0.146. The largest absolute Gasteiger partial charge is 0.390 e. The molecule has 0 atom stereocenters. The summed E-state index contributed by atoms with van der Waals surface area (Å²) in [5, 5.41) is 14.8. The second-order valence-corrected chi connectivity index (χ2v) is 6.50. The summed E-state index contributed by atoms with van der Waals surface area (Å²) in [5.74, 6) is 0. The van der Waals surface area contributed by atoms with Crippen LogP contribution in [0.1, 0.15) is 31.4 Å². The van der Waals surface area contributed by atoms with Gasteiger partial charge in [-0.05, 0) is 45.2 Å². The zero-order valence-electron chi connectivity index (χ0n) is 10.4. The Morgan fingerprint density at radius 1 is 1.35 bits per heavy atom. The second kappa shape index (κ2) is 4.76. The molecule has 0 fully saturated rings. The van der Waals surface area contributed by atoms with E-state index in [2.05, 4.69) is 0 Å². The summed E-state index contributed by atoms with van der Waals surface area (Å²) in [5.41, 5.74) is 0.817. The Hall–Kier alpha value is -0.910. The molecule has 0 aromatic heterocycles. The number of aryl methyl sites for hydroxylation is 2. The smallest absolute Gasteiger partial charge is 0.238 e. The minimum Gasteiger partial charge on any atom is -0.390 e. The topological polar surface area (TPSA) is 80.4 Å². The van der Waals surface area contributed by atoms with Crippen LogP contribution in [0, 0.1) is 6.92 Å². The molecular formula is C12H19NO3S. The Morgan fingerprint density at radius 2 is 1.94 bits per heavy atom. The van der Waals surface area contributed by atoms with E-state index in [0.29, 0.717) is 18.4 Å². The molecule has 0 saturated heterocycles. The number of sulfonamides is 1. The van der Waals surface area contributed by atoms with Gasteiger partial charge < -0.3 is 5.11 Å². The molecular weight excluding hydrogens is 238 g/mol. The molecule has 0 aliphatic rings. The lowest BCUT2D eigenvalue weighted by Gasteiger charge is -2.18. The van der Waals surface area contributed by atoms with Crippen LogP contribution in [0.4, 0.5) is 0 Å². The van der Waals surface area contributed by atoms with Crippen molar-refractivity contribution in [1.29, 1.82) is 0 Å². The lowest BCUT2D eigenvalue weighted by atomic mass is 9.98. The zero-order chi connectivity index (χ0) is 13.3. The number of rotatable bonds is 4. The number of nitrogens with two attached hydrogens (primary N) is 1. The predicted molar refractivity (Wildman–Crippen MR) is 67.2 cm³/mol. The fraction of sp³-hybridized carbons (Fsp3) is 0.500. The molecule has 0 aliphatic carbocycles. The molecule has 0 bridgehead atoms. The fourth-order valence-corrected chi connectivity index (χ4v) is 2.41. The number of aliphatic hydroxyl groups is 1. The first-order chi connectivity index (χ1) is 7.59. The van der Waals surface area contributed by atoms with Crippen LogP contribution >= 0.6 is 0 Å². The Morgan fingerprint density at radius 3 is 2.41 bits per heavy atom. The standard InChI is InChI=1S/C12H19NO3S/c1-9-4-5-11(17(13,15)16)10(8-9)6-7-12(2,3)14/h4-5,8,14H,6-7H2,1-3H3,(H2,13,15,16). The molecule has 1 aromatic rings. The molecule has 0 aliphatic heterocycles. The Labute approximate surface area is 103 Å². The number of hydrogen-bond donors (Lipinski definition) is 2. The van der Waals surface area contributed by atoms with Crippen molar-refractivity contribution in [2.45, 2.75) is 44.1 Å². The molecule has 0 radical (unpaired) electrons. The van der Waals surface area contributed by atoms with E-state index < -0.39 is 15.6 Å². The maximum atomic E-state index is 11.4. The van der Waals surface area contributed by atoms with Crippen molar-refractivity contribution in [1.82, 2.24) is 0 Å². The van der Waals surface area contributed by atoms with Crippen molar-refractivity contribution in [3.8, 4) is 0 Å². The van der Waals surface area contributed by atoms with Crippen LogP contribution in [0.15, 0.2) is 23.1 Å². The fourth-order valence-electron chi connectivity index (χ4n) is 1.62. The van der Waals surface area contributed by atoms with Crippen LogP contribution < -0.4 is 5.14 Å². The molecule has 5 heteroatoms. The first-order valence-corrected chi connectivity index (χ1v) is 6.99. The molecule has 4 nitrogen and oxygen atoms in total. The van der Waals surface area contributed by atoms with Gasteiger partial charge in [0.15, 0.2) is 0 Å². The maximum Gasteiger partial charge on any atom is 0.238 e. The molecule has 0 amide bonds. The van der Waals surface area contributed by atoms with Gasteiger partial charge in [-0.1, -0.05) is 17.7 Å². The highest BCUT2D eigenvalue weighted by molar-refractivity contribution is 7.89. The van der Waals surface area contributed by atoms with E-state index in [1.54, 1.807) is 26.0 Å². The molecule has 0 saturated carbocycles. The summed E-state index contributed by atoms with van der Waals surface area (Å²) < 4.78 is 22.8. The van der Waals surface area contributed by atoms with Crippen molar-refractivity contribution in [2.24, 2.45) is 5.14 Å². The summed E-state index contributed by atoms with van der Waals surface area (Å²) in [4.78, 5) is 0.146. The summed E-state index contributed by atoms with van der Waals surface area (Å²) in [6.45, 7) is 5.28. The monoisotopic (exact) mass is 257 g/mol. The van der Waals surface area contributed by atoms with Crippen LogP contribution in [-0.4, -0.2) is 19.1 Å². The highest BCUT2D eigenvalue weighted by atomic mass is 32.2. The van der Waals surface area contributed by atoms with Gasteiger partial charge in [0, 0.05) is 0 Å². The lowest BCUT2D eigenvalue weighted by molar-refractivity contribution is 0.0712. The van der Waals surface area contributed by atoms with E-state index >= 15 is 0 Å². The van der Waals surface area contributed by atoms with Crippen molar-refractivity contribution < 1.29 is 13.5 Å². The van der Waals surface area contributed by atoms with Crippen molar-refractivity contribution >= 4 is 10.0 Å². The number of hydrogen-bond acceptors (Lipinski definition) is 3. The number of primary sulfonamides is 1. The van der Waals surface area contributed by atoms with Crippen molar-refractivity contribution in [3.05, 3.63) is 29.3 Å². The van der Waals surface area contributed by atoms with Gasteiger partial charge in [0.25, 0.3) is 0 Å². The third kappa shape index (κ3) is 4.46.